The highest BCUT2D eigenvalue weighted by molar-refractivity contribution is 5.91. The lowest BCUT2D eigenvalue weighted by molar-refractivity contribution is 0.0335. The van der Waals surface area contributed by atoms with E-state index in [2.05, 4.69) is 28.7 Å². The van der Waals surface area contributed by atoms with Crippen LogP contribution in [0.2, 0.25) is 0 Å². The average Bonchev–Trinajstić information content (AvgIpc) is 2.89. The molecule has 130 valence electrons. The molecule has 0 N–H and O–H groups in total. The quantitative estimate of drug-likeness (QED) is 0.682. The van der Waals surface area contributed by atoms with Crippen molar-refractivity contribution >= 4 is 16.9 Å². The van der Waals surface area contributed by atoms with Gasteiger partial charge in [-0.05, 0) is 45.9 Å². The topological polar surface area (TPSA) is 79.0 Å². The molecule has 0 atom stereocenters. The van der Waals surface area contributed by atoms with Gasteiger partial charge in [0.15, 0.2) is 6.73 Å². The Balaban J connectivity index is 1.83. The molecule has 0 spiro atoms. The van der Waals surface area contributed by atoms with E-state index in [4.69, 9.17) is 4.74 Å². The second-order valence-corrected chi connectivity index (χ2v) is 6.22. The Morgan fingerprint density at radius 1 is 1.24 bits per heavy atom. The van der Waals surface area contributed by atoms with Crippen LogP contribution >= 0.6 is 0 Å². The maximum Gasteiger partial charge on any atom is 0.341 e. The van der Waals surface area contributed by atoms with Gasteiger partial charge in [-0.2, -0.15) is 4.68 Å². The highest BCUT2D eigenvalue weighted by Gasteiger charge is 2.18. The van der Waals surface area contributed by atoms with Gasteiger partial charge in [0.25, 0.3) is 5.56 Å². The van der Waals surface area contributed by atoms with Crippen LogP contribution in [0.3, 0.4) is 0 Å². The summed E-state index contributed by atoms with van der Waals surface area (Å²) in [6.45, 7) is 7.66. The Labute approximate surface area is 144 Å². The van der Waals surface area contributed by atoms with Crippen LogP contribution in [0.25, 0.3) is 10.9 Å². The van der Waals surface area contributed by atoms with Gasteiger partial charge in [0.2, 0.25) is 0 Å². The number of rotatable bonds is 4. The van der Waals surface area contributed by atoms with Crippen molar-refractivity contribution in [3.05, 3.63) is 57.6 Å². The van der Waals surface area contributed by atoms with Crippen LogP contribution in [-0.4, -0.2) is 25.5 Å². The van der Waals surface area contributed by atoms with E-state index in [1.807, 2.05) is 13.8 Å². The minimum atomic E-state index is -0.484. The first-order valence-electron chi connectivity index (χ1n) is 8.08. The fraction of sp³-hybridized carbons (Fsp3) is 0.333. The molecule has 0 amide bonds. The number of carbonyl (C=O) groups excluding carboxylic acids is 1. The van der Waals surface area contributed by atoms with Gasteiger partial charge < -0.3 is 9.30 Å². The fourth-order valence-electron chi connectivity index (χ4n) is 3.08. The predicted molar refractivity (Wildman–Crippen MR) is 93.5 cm³/mol. The Morgan fingerprint density at radius 2 is 1.96 bits per heavy atom. The van der Waals surface area contributed by atoms with Crippen LogP contribution in [0.1, 0.15) is 41.6 Å². The molecule has 0 bridgehead atoms. The monoisotopic (exact) mass is 340 g/mol. The Hall–Kier alpha value is -2.96. The number of ether oxygens (including phenoxy) is 1. The molecule has 3 aromatic rings. The summed E-state index contributed by atoms with van der Waals surface area (Å²) < 4.78 is 8.39. The van der Waals surface area contributed by atoms with Gasteiger partial charge in [0.1, 0.15) is 5.52 Å². The first kappa shape index (κ1) is 16.9. The van der Waals surface area contributed by atoms with Gasteiger partial charge in [0, 0.05) is 17.4 Å². The van der Waals surface area contributed by atoms with Crippen LogP contribution in [0.5, 0.6) is 0 Å². The summed E-state index contributed by atoms with van der Waals surface area (Å²) in [6, 6.07) is 8.96. The number of hydrogen-bond acceptors (Lipinski definition) is 5. The molecule has 3 rings (SSSR count). The van der Waals surface area contributed by atoms with Crippen molar-refractivity contribution in [2.75, 3.05) is 0 Å². The zero-order chi connectivity index (χ0) is 18.1. The van der Waals surface area contributed by atoms with Gasteiger partial charge in [0.05, 0.1) is 10.9 Å². The van der Waals surface area contributed by atoms with E-state index in [0.29, 0.717) is 16.5 Å². The summed E-state index contributed by atoms with van der Waals surface area (Å²) in [6.07, 6.45) is 0. The third-order valence-electron chi connectivity index (χ3n) is 4.17. The van der Waals surface area contributed by atoms with Gasteiger partial charge in [-0.15, -0.1) is 5.10 Å². The molecule has 0 unspecified atom stereocenters. The molecular formula is C18H20N4O3. The van der Waals surface area contributed by atoms with E-state index in [-0.39, 0.29) is 18.3 Å². The van der Waals surface area contributed by atoms with E-state index in [9.17, 15) is 9.59 Å². The molecule has 2 aromatic heterocycles. The first-order chi connectivity index (χ1) is 11.9. The lowest BCUT2D eigenvalue weighted by Crippen LogP contribution is -2.26. The third-order valence-corrected chi connectivity index (χ3v) is 4.17. The standard InChI is InChI=1S/C18H20N4O3/c1-11(2)22-12(3)9-15(13(22)4)18(24)25-10-21-17(23)14-7-5-6-8-16(14)19-20-21/h5-9,11H,10H2,1-4H3. The molecule has 0 saturated carbocycles. The number of esters is 1. The van der Waals surface area contributed by atoms with Crippen molar-refractivity contribution in [1.29, 1.82) is 0 Å². The number of carbonyl (C=O) groups is 1. The maximum absolute atomic E-state index is 12.4. The van der Waals surface area contributed by atoms with Crippen LogP contribution in [0.15, 0.2) is 35.1 Å². The Bertz CT molecular complexity index is 1000. The SMILES string of the molecule is Cc1cc(C(=O)OCn2nnc3ccccc3c2=O)c(C)n1C(C)C. The summed E-state index contributed by atoms with van der Waals surface area (Å²) in [7, 11) is 0. The zero-order valence-electron chi connectivity index (χ0n) is 14.7. The van der Waals surface area contributed by atoms with Crippen molar-refractivity contribution in [3.63, 3.8) is 0 Å². The number of aryl methyl sites for hydroxylation is 1. The number of hydrogen-bond donors (Lipinski definition) is 0. The highest BCUT2D eigenvalue weighted by Crippen LogP contribution is 2.20. The number of fused-ring (bicyclic) bond motifs is 1. The Morgan fingerprint density at radius 3 is 2.64 bits per heavy atom. The molecule has 0 aliphatic rings. The minimum Gasteiger partial charge on any atom is -0.438 e. The molecular weight excluding hydrogens is 320 g/mol. The minimum absolute atomic E-state index is 0.246. The molecule has 25 heavy (non-hydrogen) atoms. The Kier molecular flexibility index (Phi) is 4.39. The second kappa shape index (κ2) is 6.51. The second-order valence-electron chi connectivity index (χ2n) is 6.22. The van der Waals surface area contributed by atoms with Crippen LogP contribution < -0.4 is 5.56 Å². The van der Waals surface area contributed by atoms with Crippen molar-refractivity contribution in [2.45, 2.75) is 40.5 Å². The molecule has 7 nitrogen and oxygen atoms in total. The molecule has 7 heteroatoms. The summed E-state index contributed by atoms with van der Waals surface area (Å²) in [4.78, 5) is 24.8. The van der Waals surface area contributed by atoms with E-state index in [1.165, 1.54) is 0 Å². The summed E-state index contributed by atoms with van der Waals surface area (Å²) in [5, 5.41) is 8.22. The summed E-state index contributed by atoms with van der Waals surface area (Å²) in [5.41, 5.74) is 2.49. The van der Waals surface area contributed by atoms with Crippen molar-refractivity contribution in [3.8, 4) is 0 Å². The fourth-order valence-corrected chi connectivity index (χ4v) is 3.08. The lowest BCUT2D eigenvalue weighted by atomic mass is 10.2. The van der Waals surface area contributed by atoms with E-state index >= 15 is 0 Å². The van der Waals surface area contributed by atoms with Crippen molar-refractivity contribution in [2.24, 2.45) is 0 Å². The lowest BCUT2D eigenvalue weighted by Gasteiger charge is -2.13. The van der Waals surface area contributed by atoms with Crippen LogP contribution in [-0.2, 0) is 11.5 Å². The molecule has 0 aliphatic heterocycles. The molecule has 0 fully saturated rings. The number of aromatic nitrogens is 4. The number of nitrogens with zero attached hydrogens (tertiary/aromatic N) is 4. The molecule has 0 radical (unpaired) electrons. The van der Waals surface area contributed by atoms with Crippen LogP contribution in [0, 0.1) is 13.8 Å². The largest absolute Gasteiger partial charge is 0.438 e. The first-order valence-corrected chi connectivity index (χ1v) is 8.08. The van der Waals surface area contributed by atoms with Gasteiger partial charge >= 0.3 is 5.97 Å². The van der Waals surface area contributed by atoms with Gasteiger partial charge in [-0.25, -0.2) is 4.79 Å². The summed E-state index contributed by atoms with van der Waals surface area (Å²) >= 11 is 0. The van der Waals surface area contributed by atoms with Gasteiger partial charge in [-0.1, -0.05) is 17.3 Å². The molecule has 0 aliphatic carbocycles. The predicted octanol–water partition coefficient (Wildman–Crippen LogP) is 2.61. The zero-order valence-corrected chi connectivity index (χ0v) is 14.7. The van der Waals surface area contributed by atoms with Gasteiger partial charge in [-0.3, -0.25) is 4.79 Å². The summed E-state index contributed by atoms with van der Waals surface area (Å²) in [5.74, 6) is -0.484. The van der Waals surface area contributed by atoms with E-state index in [1.54, 1.807) is 30.3 Å². The van der Waals surface area contributed by atoms with Crippen molar-refractivity contribution < 1.29 is 9.53 Å². The van der Waals surface area contributed by atoms with Crippen LogP contribution in [0.4, 0.5) is 0 Å². The highest BCUT2D eigenvalue weighted by atomic mass is 16.5. The average molecular weight is 340 g/mol. The molecule has 0 saturated heterocycles. The third kappa shape index (κ3) is 3.05. The molecule has 1 aromatic carbocycles. The maximum atomic E-state index is 12.4. The number of benzene rings is 1. The molecule has 2 heterocycles. The van der Waals surface area contributed by atoms with Crippen molar-refractivity contribution in [1.82, 2.24) is 19.6 Å². The normalized spacial score (nSPS) is 11.2. The van der Waals surface area contributed by atoms with E-state index in [0.717, 1.165) is 16.1 Å². The smallest absolute Gasteiger partial charge is 0.341 e. The van der Waals surface area contributed by atoms with E-state index < -0.39 is 5.97 Å².